The molecule has 1 heterocycles. The lowest BCUT2D eigenvalue weighted by Crippen LogP contribution is -2.21. The molecule has 0 bridgehead atoms. The molecular formula is C17H22F3N5O2. The molecule has 0 amide bonds. The molecule has 7 nitrogen and oxygen atoms in total. The van der Waals surface area contributed by atoms with Crippen LogP contribution in [-0.4, -0.2) is 41.4 Å². The van der Waals surface area contributed by atoms with Gasteiger partial charge in [0.25, 0.3) is 0 Å². The number of hydrogen-bond donors (Lipinski definition) is 2. The molecule has 2 rings (SSSR count). The first-order valence-corrected chi connectivity index (χ1v) is 8.50. The van der Waals surface area contributed by atoms with Crippen molar-refractivity contribution in [3.8, 4) is 11.8 Å². The largest absolute Gasteiger partial charge is 0.497 e. The van der Waals surface area contributed by atoms with Crippen molar-refractivity contribution in [3.63, 3.8) is 0 Å². The molecule has 0 aliphatic heterocycles. The summed E-state index contributed by atoms with van der Waals surface area (Å²) < 4.78 is 47.1. The zero-order valence-corrected chi connectivity index (χ0v) is 15.1. The second-order valence-corrected chi connectivity index (χ2v) is 5.66. The summed E-state index contributed by atoms with van der Waals surface area (Å²) >= 11 is 0. The van der Waals surface area contributed by atoms with Crippen LogP contribution in [0.25, 0.3) is 0 Å². The minimum atomic E-state index is -4.48. The molecule has 0 unspecified atom stereocenters. The first-order chi connectivity index (χ1) is 12.9. The van der Waals surface area contributed by atoms with Crippen molar-refractivity contribution in [1.29, 1.82) is 0 Å². The highest BCUT2D eigenvalue weighted by atomic mass is 19.4. The minimum Gasteiger partial charge on any atom is -0.497 e. The predicted molar refractivity (Wildman–Crippen MR) is 95.7 cm³/mol. The Bertz CT molecular complexity index is 728. The molecule has 0 aliphatic rings. The smallest absolute Gasteiger partial charge is 0.422 e. The van der Waals surface area contributed by atoms with Gasteiger partial charge in [-0.05, 0) is 18.6 Å². The van der Waals surface area contributed by atoms with E-state index in [0.717, 1.165) is 19.3 Å². The fourth-order valence-electron chi connectivity index (χ4n) is 2.11. The van der Waals surface area contributed by atoms with Gasteiger partial charge in [-0.1, -0.05) is 25.8 Å². The molecule has 10 heteroatoms. The molecule has 2 aromatic rings. The van der Waals surface area contributed by atoms with E-state index in [0.29, 0.717) is 18.0 Å². The van der Waals surface area contributed by atoms with E-state index in [1.807, 2.05) is 0 Å². The summed E-state index contributed by atoms with van der Waals surface area (Å²) in [6.07, 6.45) is -1.53. The number of alkyl halides is 3. The minimum absolute atomic E-state index is 0.0634. The third-order valence-electron chi connectivity index (χ3n) is 3.37. The Morgan fingerprint density at radius 2 is 1.85 bits per heavy atom. The molecule has 148 valence electrons. The number of nitrogens with zero attached hydrogens (tertiary/aromatic N) is 3. The molecule has 0 spiro atoms. The summed E-state index contributed by atoms with van der Waals surface area (Å²) in [4.78, 5) is 12.0. The lowest BCUT2D eigenvalue weighted by molar-refractivity contribution is -0.154. The number of ether oxygens (including phenoxy) is 2. The maximum Gasteiger partial charge on any atom is 0.422 e. The van der Waals surface area contributed by atoms with Crippen molar-refractivity contribution >= 4 is 17.6 Å². The van der Waals surface area contributed by atoms with Crippen molar-refractivity contribution in [3.05, 3.63) is 24.3 Å². The number of rotatable bonds is 10. The zero-order chi connectivity index (χ0) is 19.7. The highest BCUT2D eigenvalue weighted by molar-refractivity contribution is 5.56. The van der Waals surface area contributed by atoms with Gasteiger partial charge in [-0.15, -0.1) is 0 Å². The molecule has 1 aromatic heterocycles. The number of aromatic nitrogens is 3. The number of hydrogen-bond acceptors (Lipinski definition) is 7. The van der Waals surface area contributed by atoms with Crippen LogP contribution in [0.15, 0.2) is 24.3 Å². The number of unbranched alkanes of at least 4 members (excludes halogenated alkanes) is 2. The van der Waals surface area contributed by atoms with Crippen molar-refractivity contribution in [2.24, 2.45) is 0 Å². The second kappa shape index (κ2) is 9.79. The van der Waals surface area contributed by atoms with Gasteiger partial charge in [-0.3, -0.25) is 0 Å². The summed E-state index contributed by atoms with van der Waals surface area (Å²) in [6.45, 7) is 1.18. The summed E-state index contributed by atoms with van der Waals surface area (Å²) in [5, 5.41) is 5.89. The van der Waals surface area contributed by atoms with Gasteiger partial charge in [0.2, 0.25) is 11.9 Å². The summed E-state index contributed by atoms with van der Waals surface area (Å²) in [5.41, 5.74) is 0.610. The van der Waals surface area contributed by atoms with Gasteiger partial charge in [0, 0.05) is 18.3 Å². The SMILES string of the molecule is CCCCCNc1nc(Nc2cccc(OC)c2)nc(OCC(F)(F)F)n1. The zero-order valence-electron chi connectivity index (χ0n) is 15.1. The molecule has 2 N–H and O–H groups in total. The summed E-state index contributed by atoms with van der Waals surface area (Å²) in [6, 6.07) is 6.56. The van der Waals surface area contributed by atoms with Crippen LogP contribution in [0, 0.1) is 0 Å². The summed E-state index contributed by atoms with van der Waals surface area (Å²) in [5.74, 6) is 0.817. The Labute approximate surface area is 155 Å². The Balaban J connectivity index is 2.16. The normalized spacial score (nSPS) is 11.1. The molecule has 0 saturated heterocycles. The van der Waals surface area contributed by atoms with E-state index in [1.165, 1.54) is 7.11 Å². The Morgan fingerprint density at radius 3 is 2.56 bits per heavy atom. The Kier molecular flexibility index (Phi) is 7.44. The number of halogens is 3. The Hall–Kier alpha value is -2.78. The third-order valence-corrected chi connectivity index (χ3v) is 3.37. The van der Waals surface area contributed by atoms with Crippen molar-refractivity contribution < 1.29 is 22.6 Å². The van der Waals surface area contributed by atoms with E-state index in [9.17, 15) is 13.2 Å². The average molecular weight is 385 g/mol. The molecule has 1 aromatic carbocycles. The lowest BCUT2D eigenvalue weighted by Gasteiger charge is -2.12. The highest BCUT2D eigenvalue weighted by Crippen LogP contribution is 2.22. The van der Waals surface area contributed by atoms with Gasteiger partial charge < -0.3 is 20.1 Å². The summed E-state index contributed by atoms with van der Waals surface area (Å²) in [7, 11) is 1.53. The van der Waals surface area contributed by atoms with Gasteiger partial charge >= 0.3 is 12.2 Å². The fraction of sp³-hybridized carbons (Fsp3) is 0.471. The van der Waals surface area contributed by atoms with Crippen LogP contribution in [0.2, 0.25) is 0 Å². The highest BCUT2D eigenvalue weighted by Gasteiger charge is 2.29. The maximum absolute atomic E-state index is 12.4. The number of nitrogens with one attached hydrogen (secondary N) is 2. The molecule has 0 aliphatic carbocycles. The first kappa shape index (κ1) is 20.5. The Morgan fingerprint density at radius 1 is 1.07 bits per heavy atom. The van der Waals surface area contributed by atoms with E-state index >= 15 is 0 Å². The van der Waals surface area contributed by atoms with Gasteiger partial charge in [-0.2, -0.15) is 28.1 Å². The van der Waals surface area contributed by atoms with Crippen LogP contribution < -0.4 is 20.1 Å². The van der Waals surface area contributed by atoms with E-state index < -0.39 is 18.8 Å². The lowest BCUT2D eigenvalue weighted by atomic mass is 10.2. The maximum atomic E-state index is 12.4. The molecule has 0 radical (unpaired) electrons. The topological polar surface area (TPSA) is 81.2 Å². The average Bonchev–Trinajstić information content (AvgIpc) is 2.63. The molecule has 0 fully saturated rings. The van der Waals surface area contributed by atoms with E-state index in [-0.39, 0.29) is 11.9 Å². The van der Waals surface area contributed by atoms with Crippen LogP contribution >= 0.6 is 0 Å². The van der Waals surface area contributed by atoms with E-state index in [2.05, 4.69) is 37.2 Å². The third kappa shape index (κ3) is 7.55. The van der Waals surface area contributed by atoms with Crippen LogP contribution in [0.5, 0.6) is 11.8 Å². The van der Waals surface area contributed by atoms with Gasteiger partial charge in [0.05, 0.1) is 7.11 Å². The molecular weight excluding hydrogens is 363 g/mol. The van der Waals surface area contributed by atoms with Gasteiger partial charge in [0.1, 0.15) is 5.75 Å². The number of anilines is 3. The quantitative estimate of drug-likeness (QED) is 0.594. The molecule has 0 atom stereocenters. The van der Waals surface area contributed by atoms with E-state index in [1.54, 1.807) is 24.3 Å². The molecule has 27 heavy (non-hydrogen) atoms. The van der Waals surface area contributed by atoms with Crippen LogP contribution in [0.3, 0.4) is 0 Å². The van der Waals surface area contributed by atoms with Crippen molar-refractivity contribution in [2.45, 2.75) is 32.4 Å². The van der Waals surface area contributed by atoms with Gasteiger partial charge in [0.15, 0.2) is 6.61 Å². The standard InChI is InChI=1S/C17H22F3N5O2/c1-3-4-5-9-21-14-23-15(22-12-7-6-8-13(10-12)26-2)25-16(24-14)27-11-17(18,19)20/h6-8,10H,3-5,9,11H2,1-2H3,(H2,21,22,23,24,25). The number of methoxy groups -OCH3 is 1. The van der Waals surface area contributed by atoms with Crippen molar-refractivity contribution in [1.82, 2.24) is 15.0 Å². The fourth-order valence-corrected chi connectivity index (χ4v) is 2.11. The van der Waals surface area contributed by atoms with Crippen LogP contribution in [0.1, 0.15) is 26.2 Å². The molecule has 0 saturated carbocycles. The van der Waals surface area contributed by atoms with Crippen LogP contribution in [-0.2, 0) is 0 Å². The monoisotopic (exact) mass is 385 g/mol. The van der Waals surface area contributed by atoms with Crippen molar-refractivity contribution in [2.75, 3.05) is 30.9 Å². The second-order valence-electron chi connectivity index (χ2n) is 5.66. The first-order valence-electron chi connectivity index (χ1n) is 8.50. The number of benzene rings is 1. The van der Waals surface area contributed by atoms with Gasteiger partial charge in [-0.25, -0.2) is 0 Å². The predicted octanol–water partition coefficient (Wildman–Crippen LogP) is 4.17. The van der Waals surface area contributed by atoms with E-state index in [4.69, 9.17) is 4.74 Å². The van der Waals surface area contributed by atoms with Crippen LogP contribution in [0.4, 0.5) is 30.8 Å².